The quantitative estimate of drug-likeness (QED) is 0.696. The zero-order chi connectivity index (χ0) is 18.1. The van der Waals surface area contributed by atoms with Gasteiger partial charge in [-0.1, -0.05) is 25.1 Å². The van der Waals surface area contributed by atoms with E-state index in [1.165, 1.54) is 0 Å². The number of benzene rings is 2. The lowest BCUT2D eigenvalue weighted by atomic mass is 10.1. The fourth-order valence-electron chi connectivity index (χ4n) is 2.54. The van der Waals surface area contributed by atoms with Gasteiger partial charge in [-0.05, 0) is 42.3 Å². The molecule has 0 aromatic heterocycles. The van der Waals surface area contributed by atoms with Crippen LogP contribution in [0.3, 0.4) is 0 Å². The number of methoxy groups -OCH3 is 2. The largest absolute Gasteiger partial charge is 0.497 e. The Kier molecular flexibility index (Phi) is 9.55. The smallest absolute Gasteiger partial charge is 0.224 e. The number of rotatable bonds is 9. The minimum Gasteiger partial charge on any atom is -0.497 e. The molecular weight excluding hydrogens is 352 g/mol. The molecule has 0 radical (unpaired) electrons. The van der Waals surface area contributed by atoms with Crippen molar-refractivity contribution in [2.75, 3.05) is 26.1 Å². The van der Waals surface area contributed by atoms with Crippen LogP contribution in [0.2, 0.25) is 0 Å². The molecule has 0 bridgehead atoms. The van der Waals surface area contributed by atoms with E-state index in [2.05, 4.69) is 17.6 Å². The van der Waals surface area contributed by atoms with Gasteiger partial charge in [0.2, 0.25) is 5.91 Å². The Labute approximate surface area is 161 Å². The van der Waals surface area contributed by atoms with Crippen LogP contribution in [0.15, 0.2) is 42.5 Å². The van der Waals surface area contributed by atoms with E-state index in [0.717, 1.165) is 41.4 Å². The van der Waals surface area contributed by atoms with Crippen molar-refractivity contribution in [2.45, 2.75) is 26.3 Å². The molecule has 5 nitrogen and oxygen atoms in total. The third-order valence-electron chi connectivity index (χ3n) is 3.91. The molecule has 142 valence electrons. The van der Waals surface area contributed by atoms with Gasteiger partial charge in [0, 0.05) is 24.7 Å². The standard InChI is InChI=1S/C20H26N2O3.ClH/c1-4-21-14-16-7-5-6-8-19(16)22-20(23)10-9-15-11-17(24-2)13-18(12-15)25-3;/h5-8,11-13,21H,4,9-10,14H2,1-3H3,(H,22,23);1H. The van der Waals surface area contributed by atoms with Gasteiger partial charge >= 0.3 is 0 Å². The maximum atomic E-state index is 12.3. The van der Waals surface area contributed by atoms with Crippen LogP contribution in [0.1, 0.15) is 24.5 Å². The molecule has 2 rings (SSSR count). The Bertz CT molecular complexity index is 685. The van der Waals surface area contributed by atoms with Crippen molar-refractivity contribution < 1.29 is 14.3 Å². The van der Waals surface area contributed by atoms with Crippen LogP contribution < -0.4 is 20.1 Å². The molecule has 0 saturated heterocycles. The first-order valence-electron chi connectivity index (χ1n) is 8.46. The highest BCUT2D eigenvalue weighted by atomic mass is 35.5. The fraction of sp³-hybridized carbons (Fsp3) is 0.350. The number of aryl methyl sites for hydroxylation is 1. The van der Waals surface area contributed by atoms with Crippen LogP contribution in [-0.2, 0) is 17.8 Å². The predicted octanol–water partition coefficient (Wildman–Crippen LogP) is 3.81. The Hall–Kier alpha value is -2.24. The average Bonchev–Trinajstić information content (AvgIpc) is 2.65. The van der Waals surface area contributed by atoms with E-state index < -0.39 is 0 Å². The SMILES string of the molecule is CCNCc1ccccc1NC(=O)CCc1cc(OC)cc(OC)c1.Cl. The molecule has 1 amide bonds. The summed E-state index contributed by atoms with van der Waals surface area (Å²) in [6.07, 6.45) is 1.01. The fourth-order valence-corrected chi connectivity index (χ4v) is 2.54. The number of halogens is 1. The second kappa shape index (κ2) is 11.4. The van der Waals surface area contributed by atoms with Gasteiger partial charge in [-0.3, -0.25) is 4.79 Å². The number of anilines is 1. The lowest BCUT2D eigenvalue weighted by Crippen LogP contribution is -2.17. The first kappa shape index (κ1) is 21.8. The Morgan fingerprint density at radius 1 is 1.04 bits per heavy atom. The first-order chi connectivity index (χ1) is 12.2. The molecule has 6 heteroatoms. The number of ether oxygens (including phenoxy) is 2. The van der Waals surface area contributed by atoms with Gasteiger partial charge in [-0.2, -0.15) is 0 Å². The summed E-state index contributed by atoms with van der Waals surface area (Å²) < 4.78 is 10.5. The molecule has 0 saturated carbocycles. The zero-order valence-electron chi connectivity index (χ0n) is 15.5. The Balaban J connectivity index is 0.00000338. The number of carbonyl (C=O) groups is 1. The van der Waals surface area contributed by atoms with E-state index in [1.807, 2.05) is 42.5 Å². The van der Waals surface area contributed by atoms with Crippen LogP contribution in [0.25, 0.3) is 0 Å². The highest BCUT2D eigenvalue weighted by Crippen LogP contribution is 2.23. The number of nitrogens with one attached hydrogen (secondary N) is 2. The number of carbonyl (C=O) groups excluding carboxylic acids is 1. The van der Waals surface area contributed by atoms with Crippen molar-refractivity contribution in [3.05, 3.63) is 53.6 Å². The molecule has 0 atom stereocenters. The van der Waals surface area contributed by atoms with Gasteiger partial charge in [0.1, 0.15) is 11.5 Å². The molecule has 2 N–H and O–H groups in total. The van der Waals surface area contributed by atoms with Crippen LogP contribution in [0, 0.1) is 0 Å². The molecule has 0 aliphatic carbocycles. The van der Waals surface area contributed by atoms with Crippen molar-refractivity contribution in [3.63, 3.8) is 0 Å². The van der Waals surface area contributed by atoms with Crippen molar-refractivity contribution in [1.82, 2.24) is 5.32 Å². The minimum absolute atomic E-state index is 0. The van der Waals surface area contributed by atoms with Gasteiger partial charge in [0.05, 0.1) is 14.2 Å². The summed E-state index contributed by atoms with van der Waals surface area (Å²) in [7, 11) is 3.24. The third-order valence-corrected chi connectivity index (χ3v) is 3.91. The van der Waals surface area contributed by atoms with Crippen molar-refractivity contribution in [2.24, 2.45) is 0 Å². The van der Waals surface area contributed by atoms with Gasteiger partial charge in [-0.25, -0.2) is 0 Å². The lowest BCUT2D eigenvalue weighted by Gasteiger charge is -2.12. The lowest BCUT2D eigenvalue weighted by molar-refractivity contribution is -0.116. The maximum Gasteiger partial charge on any atom is 0.224 e. The average molecular weight is 379 g/mol. The zero-order valence-corrected chi connectivity index (χ0v) is 16.3. The van der Waals surface area contributed by atoms with Gasteiger partial charge in [-0.15, -0.1) is 12.4 Å². The van der Waals surface area contributed by atoms with Crippen molar-refractivity contribution in [1.29, 1.82) is 0 Å². The molecule has 0 fully saturated rings. The number of para-hydroxylation sites is 1. The summed E-state index contributed by atoms with van der Waals surface area (Å²) in [6, 6.07) is 13.5. The van der Waals surface area contributed by atoms with Gasteiger partial charge in [0.15, 0.2) is 0 Å². The highest BCUT2D eigenvalue weighted by molar-refractivity contribution is 5.91. The van der Waals surface area contributed by atoms with Gasteiger partial charge < -0.3 is 20.1 Å². The monoisotopic (exact) mass is 378 g/mol. The number of hydrogen-bond acceptors (Lipinski definition) is 4. The first-order valence-corrected chi connectivity index (χ1v) is 8.46. The van der Waals surface area contributed by atoms with Crippen LogP contribution >= 0.6 is 12.4 Å². The van der Waals surface area contributed by atoms with Gasteiger partial charge in [0.25, 0.3) is 0 Å². The van der Waals surface area contributed by atoms with E-state index in [9.17, 15) is 4.79 Å². The molecular formula is C20H27ClN2O3. The normalized spacial score (nSPS) is 9.96. The van der Waals surface area contributed by atoms with E-state index in [1.54, 1.807) is 14.2 Å². The molecule has 0 unspecified atom stereocenters. The van der Waals surface area contributed by atoms with Crippen LogP contribution in [-0.4, -0.2) is 26.7 Å². The van der Waals surface area contributed by atoms with Crippen molar-refractivity contribution >= 4 is 24.0 Å². The molecule has 0 aliphatic heterocycles. The van der Waals surface area contributed by atoms with Crippen LogP contribution in [0.4, 0.5) is 5.69 Å². The van der Waals surface area contributed by atoms with E-state index in [-0.39, 0.29) is 18.3 Å². The topological polar surface area (TPSA) is 59.6 Å². The van der Waals surface area contributed by atoms with Crippen molar-refractivity contribution in [3.8, 4) is 11.5 Å². The summed E-state index contributed by atoms with van der Waals surface area (Å²) >= 11 is 0. The molecule has 0 spiro atoms. The van der Waals surface area contributed by atoms with E-state index in [4.69, 9.17) is 9.47 Å². The molecule has 0 aliphatic rings. The van der Waals surface area contributed by atoms with Crippen LogP contribution in [0.5, 0.6) is 11.5 Å². The molecule has 26 heavy (non-hydrogen) atoms. The summed E-state index contributed by atoms with van der Waals surface area (Å²) in [5, 5.41) is 6.29. The third kappa shape index (κ3) is 6.58. The second-order valence-corrected chi connectivity index (χ2v) is 5.71. The summed E-state index contributed by atoms with van der Waals surface area (Å²) in [5.74, 6) is 1.45. The Morgan fingerprint density at radius 2 is 1.69 bits per heavy atom. The van der Waals surface area contributed by atoms with E-state index >= 15 is 0 Å². The molecule has 2 aromatic carbocycles. The maximum absolute atomic E-state index is 12.3. The number of hydrogen-bond donors (Lipinski definition) is 2. The minimum atomic E-state index is -0.00858. The second-order valence-electron chi connectivity index (χ2n) is 5.71. The molecule has 2 aromatic rings. The predicted molar refractivity (Wildman–Crippen MR) is 108 cm³/mol. The Morgan fingerprint density at radius 3 is 2.31 bits per heavy atom. The summed E-state index contributed by atoms with van der Waals surface area (Å²) in [4.78, 5) is 12.3. The summed E-state index contributed by atoms with van der Waals surface area (Å²) in [6.45, 7) is 3.68. The van der Waals surface area contributed by atoms with E-state index in [0.29, 0.717) is 12.8 Å². The number of amides is 1. The summed E-state index contributed by atoms with van der Waals surface area (Å²) in [5.41, 5.74) is 2.95. The highest BCUT2D eigenvalue weighted by Gasteiger charge is 2.08. The molecule has 0 heterocycles.